The van der Waals surface area contributed by atoms with Crippen molar-refractivity contribution in [3.63, 3.8) is 0 Å². The lowest BCUT2D eigenvalue weighted by molar-refractivity contribution is 0.100. The second-order valence-electron chi connectivity index (χ2n) is 4.65. The molecule has 2 aromatic heterocycles. The molecule has 0 saturated carbocycles. The summed E-state index contributed by atoms with van der Waals surface area (Å²) in [5.74, 6) is -0.543. The van der Waals surface area contributed by atoms with Crippen LogP contribution >= 0.6 is 0 Å². The summed E-state index contributed by atoms with van der Waals surface area (Å²) < 4.78 is 2.78. The van der Waals surface area contributed by atoms with E-state index >= 15 is 0 Å². The van der Waals surface area contributed by atoms with Crippen LogP contribution in [0.15, 0.2) is 47.4 Å². The maximum absolute atomic E-state index is 12.2. The van der Waals surface area contributed by atoms with E-state index in [2.05, 4.69) is 5.10 Å². The van der Waals surface area contributed by atoms with Crippen LogP contribution in [0.3, 0.4) is 0 Å². The molecule has 7 heteroatoms. The summed E-state index contributed by atoms with van der Waals surface area (Å²) in [6.07, 6.45) is 1.65. The molecule has 0 unspecified atom stereocenters. The molecule has 4 N–H and O–H groups in total. The van der Waals surface area contributed by atoms with Crippen molar-refractivity contribution in [2.75, 3.05) is 5.73 Å². The fraction of sp³-hybridized carbons (Fsp3) is 0.0714. The molecule has 0 fully saturated rings. The van der Waals surface area contributed by atoms with Crippen molar-refractivity contribution < 1.29 is 4.79 Å². The lowest BCUT2D eigenvalue weighted by Gasteiger charge is -2.06. The Balaban J connectivity index is 2.01. The van der Waals surface area contributed by atoms with Gasteiger partial charge >= 0.3 is 5.69 Å². The van der Waals surface area contributed by atoms with Crippen LogP contribution in [0.2, 0.25) is 0 Å². The quantitative estimate of drug-likeness (QED) is 0.670. The number of carbonyl (C=O) groups is 1. The minimum atomic E-state index is -0.543. The minimum Gasteiger partial charge on any atom is -0.398 e. The number of fused-ring (bicyclic) bond motifs is 1. The Morgan fingerprint density at radius 1 is 1.24 bits per heavy atom. The zero-order chi connectivity index (χ0) is 15.0. The highest BCUT2D eigenvalue weighted by molar-refractivity contribution is 5.93. The first-order chi connectivity index (χ1) is 10.1. The molecule has 0 aliphatic rings. The first-order valence-corrected chi connectivity index (χ1v) is 6.28. The predicted molar refractivity (Wildman–Crippen MR) is 77.9 cm³/mol. The van der Waals surface area contributed by atoms with Crippen LogP contribution in [0.25, 0.3) is 5.65 Å². The third kappa shape index (κ3) is 2.25. The van der Waals surface area contributed by atoms with Gasteiger partial charge in [-0.25, -0.2) is 9.48 Å². The molecule has 1 aromatic carbocycles. The molecule has 0 atom stereocenters. The number of nitrogen functional groups attached to an aromatic ring is 1. The second kappa shape index (κ2) is 4.78. The summed E-state index contributed by atoms with van der Waals surface area (Å²) in [6, 6.07) is 10.1. The van der Waals surface area contributed by atoms with Crippen molar-refractivity contribution in [1.29, 1.82) is 0 Å². The molecule has 7 nitrogen and oxygen atoms in total. The van der Waals surface area contributed by atoms with Crippen molar-refractivity contribution in [2.45, 2.75) is 6.54 Å². The lowest BCUT2D eigenvalue weighted by Crippen LogP contribution is -2.22. The molecule has 0 radical (unpaired) electrons. The number of hydrogen-bond donors (Lipinski definition) is 2. The number of amides is 1. The third-order valence-electron chi connectivity index (χ3n) is 3.24. The summed E-state index contributed by atoms with van der Waals surface area (Å²) in [6.45, 7) is 0.228. The van der Waals surface area contributed by atoms with Gasteiger partial charge in [-0.1, -0.05) is 12.1 Å². The number of primary amides is 1. The van der Waals surface area contributed by atoms with Gasteiger partial charge < -0.3 is 11.5 Å². The predicted octanol–water partition coefficient (Wildman–Crippen LogP) is 0.225. The normalized spacial score (nSPS) is 10.9. The smallest absolute Gasteiger partial charge is 0.350 e. The Morgan fingerprint density at radius 2 is 2.05 bits per heavy atom. The molecular weight excluding hydrogens is 270 g/mol. The first-order valence-electron chi connectivity index (χ1n) is 6.28. The average molecular weight is 283 g/mol. The third-order valence-corrected chi connectivity index (χ3v) is 3.24. The van der Waals surface area contributed by atoms with Crippen LogP contribution in [0.1, 0.15) is 15.9 Å². The molecule has 0 bridgehead atoms. The van der Waals surface area contributed by atoms with Crippen LogP contribution in [0, 0.1) is 0 Å². The summed E-state index contributed by atoms with van der Waals surface area (Å²) in [5, 5.41) is 4.23. The van der Waals surface area contributed by atoms with E-state index in [9.17, 15) is 9.59 Å². The Hall–Kier alpha value is -3.09. The number of anilines is 1. The number of carbonyl (C=O) groups excluding carboxylic acids is 1. The van der Waals surface area contributed by atoms with E-state index in [1.165, 1.54) is 15.1 Å². The topological polar surface area (TPSA) is 108 Å². The highest BCUT2D eigenvalue weighted by Gasteiger charge is 2.10. The van der Waals surface area contributed by atoms with Gasteiger partial charge in [0.15, 0.2) is 5.65 Å². The summed E-state index contributed by atoms with van der Waals surface area (Å²) in [5.41, 5.74) is 12.8. The van der Waals surface area contributed by atoms with Crippen LogP contribution in [0.4, 0.5) is 5.69 Å². The minimum absolute atomic E-state index is 0.228. The molecule has 0 saturated heterocycles. The molecule has 21 heavy (non-hydrogen) atoms. The number of rotatable bonds is 3. The van der Waals surface area contributed by atoms with E-state index in [0.717, 1.165) is 0 Å². The van der Waals surface area contributed by atoms with Crippen LogP contribution in [-0.4, -0.2) is 20.1 Å². The fourth-order valence-corrected chi connectivity index (χ4v) is 2.12. The van der Waals surface area contributed by atoms with Gasteiger partial charge in [-0.3, -0.25) is 9.20 Å². The van der Waals surface area contributed by atoms with E-state index in [1.54, 1.807) is 30.5 Å². The Labute approximate surface area is 119 Å². The number of hydrogen-bond acceptors (Lipinski definition) is 4. The molecule has 0 aliphatic carbocycles. The van der Waals surface area contributed by atoms with Gasteiger partial charge in [-0.05, 0) is 29.8 Å². The van der Waals surface area contributed by atoms with Gasteiger partial charge in [0.25, 0.3) is 0 Å². The van der Waals surface area contributed by atoms with E-state index in [0.29, 0.717) is 22.5 Å². The second-order valence-corrected chi connectivity index (χ2v) is 4.65. The highest BCUT2D eigenvalue weighted by Crippen LogP contribution is 2.15. The summed E-state index contributed by atoms with van der Waals surface area (Å²) in [4.78, 5) is 23.3. The summed E-state index contributed by atoms with van der Waals surface area (Å²) in [7, 11) is 0. The van der Waals surface area contributed by atoms with Gasteiger partial charge in [0.05, 0.1) is 6.54 Å². The number of aromatic nitrogens is 3. The molecule has 0 aliphatic heterocycles. The van der Waals surface area contributed by atoms with Gasteiger partial charge in [0, 0.05) is 17.4 Å². The summed E-state index contributed by atoms with van der Waals surface area (Å²) >= 11 is 0. The first kappa shape index (κ1) is 12.9. The maximum atomic E-state index is 12.2. The van der Waals surface area contributed by atoms with E-state index < -0.39 is 5.91 Å². The van der Waals surface area contributed by atoms with Gasteiger partial charge in [-0.2, -0.15) is 0 Å². The molecule has 2 heterocycles. The van der Waals surface area contributed by atoms with Crippen LogP contribution in [-0.2, 0) is 6.54 Å². The molecular formula is C14H13N5O2. The van der Waals surface area contributed by atoms with Crippen molar-refractivity contribution in [2.24, 2.45) is 5.73 Å². The Morgan fingerprint density at radius 3 is 2.71 bits per heavy atom. The van der Waals surface area contributed by atoms with E-state index in [4.69, 9.17) is 11.5 Å². The average Bonchev–Trinajstić information content (AvgIpc) is 2.78. The zero-order valence-electron chi connectivity index (χ0n) is 11.1. The van der Waals surface area contributed by atoms with E-state index in [-0.39, 0.29) is 12.2 Å². The maximum Gasteiger partial charge on any atom is 0.350 e. The van der Waals surface area contributed by atoms with Gasteiger partial charge in [0.2, 0.25) is 5.91 Å². The fourth-order valence-electron chi connectivity index (χ4n) is 2.12. The standard InChI is InChI=1S/C14H13N5O2/c15-11-7-9(13(16)20)4-5-10(11)8-19-14(21)18-6-2-1-3-12(18)17-19/h1-7H,8,15H2,(H2,16,20). The number of benzene rings is 1. The Bertz CT molecular complexity index is 894. The monoisotopic (exact) mass is 283 g/mol. The van der Waals surface area contributed by atoms with E-state index in [1.807, 2.05) is 6.07 Å². The largest absolute Gasteiger partial charge is 0.398 e. The molecule has 3 aromatic rings. The molecule has 106 valence electrons. The Kier molecular flexibility index (Phi) is 2.94. The molecule has 3 rings (SSSR count). The highest BCUT2D eigenvalue weighted by atomic mass is 16.2. The molecule has 0 spiro atoms. The van der Waals surface area contributed by atoms with Crippen molar-refractivity contribution >= 4 is 17.2 Å². The van der Waals surface area contributed by atoms with Crippen LogP contribution in [0.5, 0.6) is 0 Å². The van der Waals surface area contributed by atoms with Gasteiger partial charge in [0.1, 0.15) is 0 Å². The van der Waals surface area contributed by atoms with Crippen molar-refractivity contribution in [1.82, 2.24) is 14.2 Å². The van der Waals surface area contributed by atoms with Crippen molar-refractivity contribution in [3.8, 4) is 0 Å². The number of pyridine rings is 1. The SMILES string of the molecule is NC(=O)c1ccc(Cn2nc3ccccn3c2=O)c(N)c1. The molecule has 1 amide bonds. The zero-order valence-corrected chi connectivity index (χ0v) is 11.1. The number of nitrogens with two attached hydrogens (primary N) is 2. The van der Waals surface area contributed by atoms with Crippen molar-refractivity contribution in [3.05, 3.63) is 64.2 Å². The van der Waals surface area contributed by atoms with Gasteiger partial charge in [-0.15, -0.1) is 5.10 Å². The number of nitrogens with zero attached hydrogens (tertiary/aromatic N) is 3. The van der Waals surface area contributed by atoms with Crippen LogP contribution < -0.4 is 17.2 Å². The lowest BCUT2D eigenvalue weighted by atomic mass is 10.1.